The summed E-state index contributed by atoms with van der Waals surface area (Å²) in [7, 11) is 0. The summed E-state index contributed by atoms with van der Waals surface area (Å²) in [5.41, 5.74) is 2.25. The van der Waals surface area contributed by atoms with Crippen LogP contribution in [0.15, 0.2) is 42.0 Å². The molecule has 1 aromatic carbocycles. The van der Waals surface area contributed by atoms with Gasteiger partial charge in [0, 0.05) is 25.8 Å². The molecule has 11 atom stereocenters. The zero-order valence-corrected chi connectivity index (χ0v) is 25.7. The zero-order valence-electron chi connectivity index (χ0n) is 25.7. The van der Waals surface area contributed by atoms with Crippen molar-refractivity contribution in [3.8, 4) is 0 Å². The van der Waals surface area contributed by atoms with Crippen LogP contribution >= 0.6 is 0 Å². The van der Waals surface area contributed by atoms with Gasteiger partial charge in [0.05, 0.1) is 11.7 Å². The Kier molecular flexibility index (Phi) is 6.54. The van der Waals surface area contributed by atoms with Gasteiger partial charge in [-0.05, 0) is 104 Å². The molecule has 5 fully saturated rings. The maximum absolute atomic E-state index is 12.9. The van der Waals surface area contributed by atoms with E-state index in [1.807, 2.05) is 30.3 Å². The van der Waals surface area contributed by atoms with Crippen molar-refractivity contribution in [3.05, 3.63) is 47.5 Å². The highest BCUT2D eigenvalue weighted by Gasteiger charge is 2.69. The number of ether oxygens (including phenoxy) is 2. The first kappa shape index (κ1) is 27.7. The number of rotatable bonds is 2. The predicted octanol–water partition coefficient (Wildman–Crippen LogP) is 7.41. The maximum atomic E-state index is 12.9. The average molecular weight is 560 g/mol. The number of allylic oxidation sites excluding steroid dienone is 1. The molecular weight excluding hydrogens is 510 g/mol. The first-order valence-electron chi connectivity index (χ1n) is 16.5. The van der Waals surface area contributed by atoms with Crippen molar-refractivity contribution in [1.29, 1.82) is 0 Å². The Bertz CT molecular complexity index is 1240. The average Bonchev–Trinajstić information content (AvgIpc) is 3.40. The second-order valence-corrected chi connectivity index (χ2v) is 15.3. The Labute approximate surface area is 246 Å². The zero-order chi connectivity index (χ0) is 28.7. The molecule has 5 heteroatoms. The molecule has 0 N–H and O–H groups in total. The maximum Gasteiger partial charge on any atom is 0.338 e. The fourth-order valence-corrected chi connectivity index (χ4v) is 11.4. The van der Waals surface area contributed by atoms with E-state index in [1.54, 1.807) is 6.92 Å². The third kappa shape index (κ3) is 4.03. The van der Waals surface area contributed by atoms with Crippen LogP contribution in [0.5, 0.6) is 0 Å². The third-order valence-electron chi connectivity index (χ3n) is 13.4. The quantitative estimate of drug-likeness (QED) is 0.280. The van der Waals surface area contributed by atoms with E-state index in [9.17, 15) is 9.59 Å². The summed E-state index contributed by atoms with van der Waals surface area (Å²) in [4.78, 5) is 27.7. The predicted molar refractivity (Wildman–Crippen MR) is 159 cm³/mol. The topological polar surface area (TPSA) is 55.8 Å². The summed E-state index contributed by atoms with van der Waals surface area (Å²) in [5, 5.41) is 0. The Balaban J connectivity index is 1.09. The molecule has 0 bridgehead atoms. The smallest absolute Gasteiger partial charge is 0.338 e. The summed E-state index contributed by atoms with van der Waals surface area (Å²) in [6.45, 7) is 12.4. The van der Waals surface area contributed by atoms with Gasteiger partial charge in [-0.1, -0.05) is 57.5 Å². The fourth-order valence-electron chi connectivity index (χ4n) is 11.4. The van der Waals surface area contributed by atoms with Crippen LogP contribution in [0.3, 0.4) is 0 Å². The van der Waals surface area contributed by atoms with Gasteiger partial charge in [-0.15, -0.1) is 0 Å². The van der Waals surface area contributed by atoms with Crippen molar-refractivity contribution in [2.24, 2.45) is 46.3 Å². The number of hydrogen-bond acceptors (Lipinski definition) is 4. The molecule has 3 saturated carbocycles. The van der Waals surface area contributed by atoms with Gasteiger partial charge in [0.15, 0.2) is 0 Å². The Morgan fingerprint density at radius 2 is 1.78 bits per heavy atom. The SMILES string of the molecule is CC(=O)N1C[C@H](C)CC[C@]12O[C@H]1C[C@H]3[C@@H]4CC=C5C[C@@H](OC(=O)c6ccccc6)CC[C@]5(C)[C@@H]4CC[C@]3(C)[C@H]1[C@@H]2C. The molecule has 222 valence electrons. The number of amides is 1. The van der Waals surface area contributed by atoms with Gasteiger partial charge in [-0.2, -0.15) is 0 Å². The highest BCUT2D eigenvalue weighted by molar-refractivity contribution is 5.89. The molecule has 2 heterocycles. The van der Waals surface area contributed by atoms with Crippen molar-refractivity contribution in [1.82, 2.24) is 4.90 Å². The van der Waals surface area contributed by atoms with E-state index in [0.717, 1.165) is 51.5 Å². The molecule has 4 aliphatic carbocycles. The summed E-state index contributed by atoms with van der Waals surface area (Å²) in [6, 6.07) is 9.41. The van der Waals surface area contributed by atoms with E-state index in [1.165, 1.54) is 18.4 Å². The molecule has 1 amide bonds. The first-order valence-corrected chi connectivity index (χ1v) is 16.5. The number of benzene rings is 1. The lowest BCUT2D eigenvalue weighted by atomic mass is 9.46. The van der Waals surface area contributed by atoms with Gasteiger partial charge in [0.25, 0.3) is 0 Å². The summed E-state index contributed by atoms with van der Waals surface area (Å²) in [6.07, 6.45) is 12.7. The molecule has 0 radical (unpaired) electrons. The molecule has 2 aliphatic heterocycles. The minimum atomic E-state index is -0.403. The summed E-state index contributed by atoms with van der Waals surface area (Å²) < 4.78 is 13.2. The van der Waals surface area contributed by atoms with Crippen LogP contribution in [0.2, 0.25) is 0 Å². The van der Waals surface area contributed by atoms with Gasteiger partial charge in [-0.3, -0.25) is 4.79 Å². The van der Waals surface area contributed by atoms with Crippen molar-refractivity contribution in [3.63, 3.8) is 0 Å². The van der Waals surface area contributed by atoms with E-state index in [0.29, 0.717) is 41.1 Å². The van der Waals surface area contributed by atoms with Gasteiger partial charge in [-0.25, -0.2) is 4.79 Å². The minimum Gasteiger partial charge on any atom is -0.458 e. The molecule has 5 nitrogen and oxygen atoms in total. The Hall–Kier alpha value is -2.14. The lowest BCUT2D eigenvalue weighted by Crippen LogP contribution is -2.60. The molecule has 2 saturated heterocycles. The van der Waals surface area contributed by atoms with Crippen LogP contribution in [0.4, 0.5) is 0 Å². The summed E-state index contributed by atoms with van der Waals surface area (Å²) in [5.74, 6) is 3.48. The first-order chi connectivity index (χ1) is 19.6. The van der Waals surface area contributed by atoms with E-state index in [-0.39, 0.29) is 34.9 Å². The molecule has 0 aromatic heterocycles. The molecular formula is C36H49NO4. The number of piperidine rings is 1. The van der Waals surface area contributed by atoms with Crippen LogP contribution in [-0.4, -0.2) is 41.3 Å². The van der Waals surface area contributed by atoms with E-state index >= 15 is 0 Å². The monoisotopic (exact) mass is 559 g/mol. The number of likely N-dealkylation sites (tertiary alicyclic amines) is 1. The number of nitrogens with zero attached hydrogens (tertiary/aromatic N) is 1. The van der Waals surface area contributed by atoms with Crippen molar-refractivity contribution < 1.29 is 19.1 Å². The standard InChI is InChI=1S/C36H49NO4/c1-22-13-18-36(37(21-22)24(3)38)23(2)32-31(41-36)20-30-28-12-11-26-19-27(40-33(39)25-9-7-6-8-10-25)14-16-34(26,4)29(28)15-17-35(30,32)5/h6-11,22-23,27-32H,12-21H2,1-5H3/t22-,23+,27+,28-,29-,30+,31+,32+,34+,35+,36-/m1/s1. The molecule has 0 unspecified atom stereocenters. The minimum absolute atomic E-state index is 0.0221. The molecule has 41 heavy (non-hydrogen) atoms. The lowest BCUT2D eigenvalue weighted by molar-refractivity contribution is -0.200. The number of carbonyl (C=O) groups excluding carboxylic acids is 2. The Morgan fingerprint density at radius 1 is 1.00 bits per heavy atom. The van der Waals surface area contributed by atoms with Crippen LogP contribution in [0, 0.1) is 46.3 Å². The second kappa shape index (κ2) is 9.69. The number of carbonyl (C=O) groups is 2. The molecule has 6 aliphatic rings. The third-order valence-corrected chi connectivity index (χ3v) is 13.4. The van der Waals surface area contributed by atoms with E-state index in [2.05, 4.69) is 38.7 Å². The summed E-state index contributed by atoms with van der Waals surface area (Å²) >= 11 is 0. The largest absolute Gasteiger partial charge is 0.458 e. The van der Waals surface area contributed by atoms with Crippen LogP contribution in [0.25, 0.3) is 0 Å². The van der Waals surface area contributed by atoms with Crippen LogP contribution in [0.1, 0.15) is 103 Å². The van der Waals surface area contributed by atoms with Gasteiger partial charge < -0.3 is 14.4 Å². The Morgan fingerprint density at radius 3 is 2.54 bits per heavy atom. The van der Waals surface area contributed by atoms with Crippen molar-refractivity contribution in [2.45, 2.75) is 110 Å². The van der Waals surface area contributed by atoms with Gasteiger partial charge in [0.1, 0.15) is 11.8 Å². The molecule has 1 spiro atoms. The highest BCUT2D eigenvalue weighted by atomic mass is 16.5. The fraction of sp³-hybridized carbons (Fsp3) is 0.722. The normalized spacial score (nSPS) is 46.7. The second-order valence-electron chi connectivity index (χ2n) is 15.3. The number of fused-ring (bicyclic) bond motifs is 7. The molecule has 1 aromatic rings. The van der Waals surface area contributed by atoms with Gasteiger partial charge >= 0.3 is 5.97 Å². The van der Waals surface area contributed by atoms with E-state index in [4.69, 9.17) is 9.47 Å². The van der Waals surface area contributed by atoms with Crippen molar-refractivity contribution in [2.75, 3.05) is 6.54 Å². The number of esters is 1. The van der Waals surface area contributed by atoms with Gasteiger partial charge in [0.2, 0.25) is 5.91 Å². The number of hydrogen-bond donors (Lipinski definition) is 0. The van der Waals surface area contributed by atoms with E-state index < -0.39 is 5.72 Å². The highest BCUT2D eigenvalue weighted by Crippen LogP contribution is 2.70. The van der Waals surface area contributed by atoms with Crippen molar-refractivity contribution >= 4 is 11.9 Å². The molecule has 7 rings (SSSR count). The van der Waals surface area contributed by atoms with Crippen LogP contribution < -0.4 is 0 Å². The van der Waals surface area contributed by atoms with Crippen LogP contribution in [-0.2, 0) is 14.3 Å². The lowest BCUT2D eigenvalue weighted by Gasteiger charge is -2.59.